The predicted molar refractivity (Wildman–Crippen MR) is 118 cm³/mol. The maximum atomic E-state index is 5.46. The van der Waals surface area contributed by atoms with Gasteiger partial charge in [0.25, 0.3) is 0 Å². The van der Waals surface area contributed by atoms with E-state index in [1.807, 2.05) is 24.3 Å². The van der Waals surface area contributed by atoms with Gasteiger partial charge in [0.2, 0.25) is 0 Å². The molecule has 0 atom stereocenters. The molecular formula is C22H27BrN2O3. The lowest BCUT2D eigenvalue weighted by molar-refractivity contribution is 0.284. The zero-order valence-electron chi connectivity index (χ0n) is 16.7. The molecule has 5 nitrogen and oxygen atoms in total. The number of ether oxygens (including phenoxy) is 3. The fourth-order valence-electron chi connectivity index (χ4n) is 3.32. The van der Waals surface area contributed by atoms with Crippen LogP contribution in [0.25, 0.3) is 6.08 Å². The Bertz CT molecular complexity index is 817. The number of anilines is 1. The topological polar surface area (TPSA) is 34.2 Å². The number of rotatable bonds is 7. The third-order valence-electron chi connectivity index (χ3n) is 4.97. The Labute approximate surface area is 175 Å². The molecule has 0 bridgehead atoms. The van der Waals surface area contributed by atoms with Crippen molar-refractivity contribution in [1.82, 2.24) is 4.90 Å². The van der Waals surface area contributed by atoms with E-state index in [9.17, 15) is 0 Å². The Morgan fingerprint density at radius 3 is 2.32 bits per heavy atom. The smallest absolute Gasteiger partial charge is 0.135 e. The minimum absolute atomic E-state index is 0.801. The maximum absolute atomic E-state index is 5.46. The van der Waals surface area contributed by atoms with Crippen molar-refractivity contribution in [3.8, 4) is 17.2 Å². The maximum Gasteiger partial charge on any atom is 0.135 e. The number of hydrogen-bond donors (Lipinski definition) is 0. The molecule has 0 spiro atoms. The van der Waals surface area contributed by atoms with E-state index in [1.165, 1.54) is 5.69 Å². The molecule has 0 aromatic heterocycles. The molecule has 6 heteroatoms. The lowest BCUT2D eigenvalue weighted by atomic mass is 10.1. The molecule has 0 N–H and O–H groups in total. The fraction of sp³-hybridized carbons (Fsp3) is 0.364. The Kier molecular flexibility index (Phi) is 7.23. The first-order valence-corrected chi connectivity index (χ1v) is 10.1. The van der Waals surface area contributed by atoms with Crippen LogP contribution in [-0.4, -0.2) is 59.0 Å². The van der Waals surface area contributed by atoms with Gasteiger partial charge in [-0.25, -0.2) is 0 Å². The van der Waals surface area contributed by atoms with Crippen LogP contribution in [0.3, 0.4) is 0 Å². The van der Waals surface area contributed by atoms with Gasteiger partial charge in [-0.2, -0.15) is 0 Å². The van der Waals surface area contributed by atoms with E-state index in [-0.39, 0.29) is 0 Å². The summed E-state index contributed by atoms with van der Waals surface area (Å²) in [6, 6.07) is 12.2. The van der Waals surface area contributed by atoms with Crippen LogP contribution in [0.2, 0.25) is 0 Å². The number of nitrogens with zero attached hydrogens (tertiary/aromatic N) is 2. The Balaban J connectivity index is 1.54. The number of methoxy groups -OCH3 is 3. The first-order chi connectivity index (χ1) is 13.6. The van der Waals surface area contributed by atoms with Crippen molar-refractivity contribution in [2.24, 2.45) is 0 Å². The second-order valence-corrected chi connectivity index (χ2v) is 7.47. The van der Waals surface area contributed by atoms with Crippen molar-refractivity contribution in [2.45, 2.75) is 0 Å². The van der Waals surface area contributed by atoms with Gasteiger partial charge in [-0.1, -0.05) is 12.2 Å². The number of halogens is 1. The molecule has 1 fully saturated rings. The summed E-state index contributed by atoms with van der Waals surface area (Å²) in [5.74, 6) is 2.50. The van der Waals surface area contributed by atoms with Gasteiger partial charge in [0, 0.05) is 56.1 Å². The van der Waals surface area contributed by atoms with Gasteiger partial charge in [-0.05, 0) is 40.2 Å². The van der Waals surface area contributed by atoms with Gasteiger partial charge < -0.3 is 19.1 Å². The molecule has 2 aromatic rings. The average molecular weight is 447 g/mol. The van der Waals surface area contributed by atoms with Gasteiger partial charge >= 0.3 is 0 Å². The highest BCUT2D eigenvalue weighted by atomic mass is 79.9. The highest BCUT2D eigenvalue weighted by Crippen LogP contribution is 2.30. The molecule has 0 saturated carbocycles. The molecule has 0 amide bonds. The third-order valence-corrected chi connectivity index (χ3v) is 5.63. The van der Waals surface area contributed by atoms with Crippen LogP contribution in [0, 0.1) is 0 Å². The Morgan fingerprint density at radius 2 is 1.64 bits per heavy atom. The largest absolute Gasteiger partial charge is 0.497 e. The van der Waals surface area contributed by atoms with Crippen LogP contribution >= 0.6 is 15.9 Å². The third kappa shape index (κ3) is 5.00. The summed E-state index contributed by atoms with van der Waals surface area (Å²) in [4.78, 5) is 4.86. The standard InChI is InChI=1S/C22H27BrN2O3/c1-26-19-8-6-17(21(16-19)27-2)5-4-10-24-11-13-25(14-12-24)18-7-9-20(23)22(15-18)28-3/h4-9,15-16H,10-14H2,1-3H3/b5-4+. The molecular weight excluding hydrogens is 420 g/mol. The Morgan fingerprint density at radius 1 is 0.893 bits per heavy atom. The molecule has 1 saturated heterocycles. The molecule has 0 unspecified atom stereocenters. The van der Waals surface area contributed by atoms with E-state index in [4.69, 9.17) is 14.2 Å². The lowest BCUT2D eigenvalue weighted by Gasteiger charge is -2.35. The summed E-state index contributed by atoms with van der Waals surface area (Å²) in [6.07, 6.45) is 4.31. The first kappa shape index (κ1) is 20.6. The van der Waals surface area contributed by atoms with Gasteiger partial charge in [0.15, 0.2) is 0 Å². The van der Waals surface area contributed by atoms with Crippen molar-refractivity contribution in [3.05, 3.63) is 52.5 Å². The second kappa shape index (κ2) is 9.85. The zero-order valence-corrected chi connectivity index (χ0v) is 18.2. The highest BCUT2D eigenvalue weighted by Gasteiger charge is 2.17. The molecule has 1 aliphatic rings. The summed E-state index contributed by atoms with van der Waals surface area (Å²) in [7, 11) is 5.04. The fourth-order valence-corrected chi connectivity index (χ4v) is 3.73. The highest BCUT2D eigenvalue weighted by molar-refractivity contribution is 9.10. The number of hydrogen-bond acceptors (Lipinski definition) is 5. The molecule has 3 rings (SSSR count). The molecule has 0 aliphatic carbocycles. The minimum atomic E-state index is 0.801. The van der Waals surface area contributed by atoms with E-state index in [0.29, 0.717) is 0 Å². The van der Waals surface area contributed by atoms with E-state index in [2.05, 4.69) is 50.0 Å². The van der Waals surface area contributed by atoms with E-state index in [0.717, 1.165) is 60.0 Å². The minimum Gasteiger partial charge on any atom is -0.497 e. The number of piperazine rings is 1. The molecule has 1 aliphatic heterocycles. The zero-order chi connectivity index (χ0) is 19.9. The van der Waals surface area contributed by atoms with Gasteiger partial charge in [-0.15, -0.1) is 0 Å². The summed E-state index contributed by atoms with van der Waals surface area (Å²) < 4.78 is 17.1. The quantitative estimate of drug-likeness (QED) is 0.632. The van der Waals surface area contributed by atoms with Crippen molar-refractivity contribution in [1.29, 1.82) is 0 Å². The van der Waals surface area contributed by atoms with E-state index < -0.39 is 0 Å². The Hall–Kier alpha value is -2.18. The SMILES string of the molecule is COc1ccc(/C=C/CN2CCN(c3ccc(Br)c(OC)c3)CC2)c(OC)c1. The lowest BCUT2D eigenvalue weighted by Crippen LogP contribution is -2.46. The van der Waals surface area contributed by atoms with E-state index >= 15 is 0 Å². The monoisotopic (exact) mass is 446 g/mol. The van der Waals surface area contributed by atoms with Crippen molar-refractivity contribution in [3.63, 3.8) is 0 Å². The number of benzene rings is 2. The summed E-state index contributed by atoms with van der Waals surface area (Å²) in [6.45, 7) is 4.99. The van der Waals surface area contributed by atoms with Crippen LogP contribution in [0.4, 0.5) is 5.69 Å². The molecule has 150 valence electrons. The van der Waals surface area contributed by atoms with Crippen LogP contribution < -0.4 is 19.1 Å². The summed E-state index contributed by atoms with van der Waals surface area (Å²) >= 11 is 3.51. The van der Waals surface area contributed by atoms with Gasteiger partial charge in [0.05, 0.1) is 25.8 Å². The normalized spacial score (nSPS) is 15.1. The molecule has 0 radical (unpaired) electrons. The summed E-state index contributed by atoms with van der Waals surface area (Å²) in [5.41, 5.74) is 2.27. The molecule has 1 heterocycles. The molecule has 28 heavy (non-hydrogen) atoms. The second-order valence-electron chi connectivity index (χ2n) is 6.62. The predicted octanol–water partition coefficient (Wildman–Crippen LogP) is 4.31. The molecule has 2 aromatic carbocycles. The van der Waals surface area contributed by atoms with Crippen molar-refractivity contribution in [2.75, 3.05) is 59.0 Å². The van der Waals surface area contributed by atoms with Crippen LogP contribution in [0.1, 0.15) is 5.56 Å². The van der Waals surface area contributed by atoms with Crippen LogP contribution in [-0.2, 0) is 0 Å². The van der Waals surface area contributed by atoms with Crippen LogP contribution in [0.15, 0.2) is 46.9 Å². The van der Waals surface area contributed by atoms with Crippen molar-refractivity contribution >= 4 is 27.7 Å². The average Bonchev–Trinajstić information content (AvgIpc) is 2.74. The van der Waals surface area contributed by atoms with E-state index in [1.54, 1.807) is 21.3 Å². The van der Waals surface area contributed by atoms with Gasteiger partial charge in [-0.3, -0.25) is 4.90 Å². The first-order valence-electron chi connectivity index (χ1n) is 9.34. The summed E-state index contributed by atoms with van der Waals surface area (Å²) in [5, 5.41) is 0. The van der Waals surface area contributed by atoms with Crippen LogP contribution in [0.5, 0.6) is 17.2 Å². The van der Waals surface area contributed by atoms with Crippen molar-refractivity contribution < 1.29 is 14.2 Å². The van der Waals surface area contributed by atoms with Gasteiger partial charge in [0.1, 0.15) is 17.2 Å².